The summed E-state index contributed by atoms with van der Waals surface area (Å²) < 4.78 is 5.53. The second-order valence-corrected chi connectivity index (χ2v) is 5.72. The van der Waals surface area contributed by atoms with Gasteiger partial charge in [-0.15, -0.1) is 0 Å². The topological polar surface area (TPSA) is 96.6 Å². The van der Waals surface area contributed by atoms with Crippen LogP contribution in [0.15, 0.2) is 63.8 Å². The van der Waals surface area contributed by atoms with Gasteiger partial charge in [0.15, 0.2) is 11.2 Å². The van der Waals surface area contributed by atoms with Crippen molar-refractivity contribution in [3.05, 3.63) is 81.7 Å². The molecule has 0 aliphatic rings. The lowest BCUT2D eigenvalue weighted by Gasteiger charge is -2.06. The van der Waals surface area contributed by atoms with Crippen LogP contribution in [-0.2, 0) is 4.79 Å². The highest BCUT2D eigenvalue weighted by Crippen LogP contribution is 2.17. The SMILES string of the molecule is Cc1ccc(NC(=O)c2cc(=O)c3cc(/C=C/C(=O)O)ccc3o2)cc1. The Morgan fingerprint density at radius 1 is 1.08 bits per heavy atom. The van der Waals surface area contributed by atoms with Gasteiger partial charge < -0.3 is 14.8 Å². The van der Waals surface area contributed by atoms with Crippen LogP contribution in [-0.4, -0.2) is 17.0 Å². The summed E-state index contributed by atoms with van der Waals surface area (Å²) in [4.78, 5) is 35.2. The number of carbonyl (C=O) groups is 2. The molecule has 26 heavy (non-hydrogen) atoms. The molecule has 3 aromatic rings. The number of hydrogen-bond acceptors (Lipinski definition) is 4. The van der Waals surface area contributed by atoms with Crippen LogP contribution in [0.2, 0.25) is 0 Å². The lowest BCUT2D eigenvalue weighted by atomic mass is 10.1. The standard InChI is InChI=1S/C20H15NO5/c1-12-2-6-14(7-3-12)21-20(25)18-11-16(22)15-10-13(5-9-19(23)24)4-8-17(15)26-18/h2-11H,1H3,(H,21,25)(H,23,24)/b9-5+. The zero-order chi connectivity index (χ0) is 18.7. The molecule has 6 nitrogen and oxygen atoms in total. The molecule has 1 aromatic heterocycles. The van der Waals surface area contributed by atoms with Crippen molar-refractivity contribution in [1.29, 1.82) is 0 Å². The molecule has 0 saturated carbocycles. The molecule has 0 aliphatic carbocycles. The zero-order valence-electron chi connectivity index (χ0n) is 13.9. The van der Waals surface area contributed by atoms with Crippen molar-refractivity contribution >= 4 is 34.6 Å². The molecule has 0 atom stereocenters. The van der Waals surface area contributed by atoms with Crippen LogP contribution in [0.4, 0.5) is 5.69 Å². The quantitative estimate of drug-likeness (QED) is 0.703. The largest absolute Gasteiger partial charge is 0.478 e. The molecule has 2 N–H and O–H groups in total. The van der Waals surface area contributed by atoms with Crippen molar-refractivity contribution in [2.75, 3.05) is 5.32 Å². The summed E-state index contributed by atoms with van der Waals surface area (Å²) >= 11 is 0. The molecule has 0 bridgehead atoms. The Morgan fingerprint density at radius 3 is 2.50 bits per heavy atom. The molecule has 0 aliphatic heterocycles. The lowest BCUT2D eigenvalue weighted by Crippen LogP contribution is -2.15. The first kappa shape index (κ1) is 17.2. The van der Waals surface area contributed by atoms with E-state index in [1.54, 1.807) is 18.2 Å². The highest BCUT2D eigenvalue weighted by atomic mass is 16.4. The fourth-order valence-corrected chi connectivity index (χ4v) is 2.39. The van der Waals surface area contributed by atoms with Crippen molar-refractivity contribution in [1.82, 2.24) is 0 Å². The first-order chi connectivity index (χ1) is 12.4. The number of amides is 1. The summed E-state index contributed by atoms with van der Waals surface area (Å²) in [5.74, 6) is -1.71. The van der Waals surface area contributed by atoms with Crippen LogP contribution in [0.3, 0.4) is 0 Å². The summed E-state index contributed by atoms with van der Waals surface area (Å²) in [6, 6.07) is 13.0. The summed E-state index contributed by atoms with van der Waals surface area (Å²) in [6.07, 6.45) is 2.35. The minimum Gasteiger partial charge on any atom is -0.478 e. The molecule has 0 saturated heterocycles. The van der Waals surface area contributed by atoms with Crippen molar-refractivity contribution in [3.8, 4) is 0 Å². The molecule has 6 heteroatoms. The van der Waals surface area contributed by atoms with Gasteiger partial charge in [-0.05, 0) is 42.8 Å². The number of hydrogen-bond donors (Lipinski definition) is 2. The molecule has 0 unspecified atom stereocenters. The smallest absolute Gasteiger partial charge is 0.328 e. The Balaban J connectivity index is 1.91. The van der Waals surface area contributed by atoms with Crippen LogP contribution < -0.4 is 10.7 Å². The van der Waals surface area contributed by atoms with E-state index < -0.39 is 11.9 Å². The third kappa shape index (κ3) is 3.87. The minimum absolute atomic E-state index is 0.100. The zero-order valence-corrected chi connectivity index (χ0v) is 13.9. The van der Waals surface area contributed by atoms with E-state index in [9.17, 15) is 14.4 Å². The van der Waals surface area contributed by atoms with Gasteiger partial charge in [0, 0.05) is 17.8 Å². The Morgan fingerprint density at radius 2 is 1.81 bits per heavy atom. The van der Waals surface area contributed by atoms with Crippen molar-refractivity contribution in [2.45, 2.75) is 6.92 Å². The molecule has 1 amide bonds. The van der Waals surface area contributed by atoms with E-state index in [4.69, 9.17) is 9.52 Å². The van der Waals surface area contributed by atoms with Gasteiger partial charge in [0.05, 0.1) is 5.39 Å². The van der Waals surface area contributed by atoms with Crippen LogP contribution in [0.25, 0.3) is 17.0 Å². The predicted octanol–water partition coefficient (Wildman–Crippen LogP) is 3.45. The number of carboxylic acid groups (broad SMARTS) is 1. The van der Waals surface area contributed by atoms with Gasteiger partial charge in [-0.25, -0.2) is 4.79 Å². The maximum Gasteiger partial charge on any atom is 0.328 e. The van der Waals surface area contributed by atoms with E-state index in [1.165, 1.54) is 18.2 Å². The average Bonchev–Trinajstić information content (AvgIpc) is 2.62. The molecular formula is C20H15NO5. The second-order valence-electron chi connectivity index (χ2n) is 5.72. The van der Waals surface area contributed by atoms with E-state index in [-0.39, 0.29) is 22.2 Å². The molecular weight excluding hydrogens is 334 g/mol. The maximum absolute atomic E-state index is 12.3. The van der Waals surface area contributed by atoms with Gasteiger partial charge in [0.2, 0.25) is 0 Å². The van der Waals surface area contributed by atoms with Crippen LogP contribution in [0.1, 0.15) is 21.7 Å². The Labute approximate surface area is 148 Å². The van der Waals surface area contributed by atoms with Crippen LogP contribution in [0, 0.1) is 6.92 Å². The van der Waals surface area contributed by atoms with Gasteiger partial charge in [0.1, 0.15) is 5.58 Å². The van der Waals surface area contributed by atoms with Crippen molar-refractivity contribution in [2.24, 2.45) is 0 Å². The molecule has 0 spiro atoms. The number of carbonyl (C=O) groups excluding carboxylic acids is 1. The monoisotopic (exact) mass is 349 g/mol. The lowest BCUT2D eigenvalue weighted by molar-refractivity contribution is -0.131. The Hall–Kier alpha value is -3.67. The van der Waals surface area contributed by atoms with E-state index in [1.807, 2.05) is 19.1 Å². The predicted molar refractivity (Wildman–Crippen MR) is 98.3 cm³/mol. The minimum atomic E-state index is -1.08. The van der Waals surface area contributed by atoms with Gasteiger partial charge in [0.25, 0.3) is 5.91 Å². The molecule has 0 fully saturated rings. The third-order valence-electron chi connectivity index (χ3n) is 3.70. The van der Waals surface area contributed by atoms with E-state index in [0.29, 0.717) is 11.3 Å². The highest BCUT2D eigenvalue weighted by Gasteiger charge is 2.13. The number of aryl methyl sites for hydroxylation is 1. The number of benzene rings is 2. The third-order valence-corrected chi connectivity index (χ3v) is 3.70. The fraction of sp³-hybridized carbons (Fsp3) is 0.0500. The van der Waals surface area contributed by atoms with Gasteiger partial charge in [-0.3, -0.25) is 9.59 Å². The highest BCUT2D eigenvalue weighted by molar-refractivity contribution is 6.03. The van der Waals surface area contributed by atoms with E-state index >= 15 is 0 Å². The first-order valence-corrected chi connectivity index (χ1v) is 7.79. The van der Waals surface area contributed by atoms with Crippen molar-refractivity contribution < 1.29 is 19.1 Å². The number of nitrogens with one attached hydrogen (secondary N) is 1. The van der Waals surface area contributed by atoms with Crippen molar-refractivity contribution in [3.63, 3.8) is 0 Å². The molecule has 2 aromatic carbocycles. The molecule has 3 rings (SSSR count). The van der Waals surface area contributed by atoms with Crippen LogP contribution in [0.5, 0.6) is 0 Å². The van der Waals surface area contributed by atoms with E-state index in [2.05, 4.69) is 5.32 Å². The molecule has 130 valence electrons. The number of aliphatic carboxylic acids is 1. The first-order valence-electron chi connectivity index (χ1n) is 7.79. The van der Waals surface area contributed by atoms with Gasteiger partial charge in [-0.1, -0.05) is 23.8 Å². The van der Waals surface area contributed by atoms with E-state index in [0.717, 1.165) is 17.7 Å². The summed E-state index contributed by atoms with van der Waals surface area (Å²) in [5, 5.41) is 11.6. The number of fused-ring (bicyclic) bond motifs is 1. The van der Waals surface area contributed by atoms with Gasteiger partial charge in [-0.2, -0.15) is 0 Å². The molecule has 0 radical (unpaired) electrons. The normalized spacial score (nSPS) is 11.0. The molecule has 1 heterocycles. The summed E-state index contributed by atoms with van der Waals surface area (Å²) in [7, 11) is 0. The number of carboxylic acids is 1. The number of rotatable bonds is 4. The number of anilines is 1. The maximum atomic E-state index is 12.3. The van der Waals surface area contributed by atoms with Gasteiger partial charge >= 0.3 is 5.97 Å². The summed E-state index contributed by atoms with van der Waals surface area (Å²) in [5.41, 5.74) is 2.07. The Kier molecular flexibility index (Phi) is 4.66. The fourth-order valence-electron chi connectivity index (χ4n) is 2.39. The van der Waals surface area contributed by atoms with Crippen LogP contribution >= 0.6 is 0 Å². The Bertz CT molecular complexity index is 1080. The second kappa shape index (κ2) is 7.06. The summed E-state index contributed by atoms with van der Waals surface area (Å²) in [6.45, 7) is 1.94. The average molecular weight is 349 g/mol.